The Labute approximate surface area is 128 Å². The first-order valence-electron chi connectivity index (χ1n) is 6.48. The van der Waals surface area contributed by atoms with E-state index in [0.29, 0.717) is 17.2 Å². The van der Waals surface area contributed by atoms with Crippen molar-refractivity contribution in [2.45, 2.75) is 6.92 Å². The minimum absolute atomic E-state index is 0.200. The Kier molecular flexibility index (Phi) is 5.02. The number of carbonyl (C=O) groups excluding carboxylic acids is 1. The maximum atomic E-state index is 11.8. The monoisotopic (exact) mass is 300 g/mol. The van der Waals surface area contributed by atoms with E-state index in [9.17, 15) is 4.79 Å². The summed E-state index contributed by atoms with van der Waals surface area (Å²) in [6, 6.07) is 5.39. The van der Waals surface area contributed by atoms with Crippen LogP contribution in [0.1, 0.15) is 23.0 Å². The van der Waals surface area contributed by atoms with Gasteiger partial charge in [-0.05, 0) is 25.1 Å². The normalized spacial score (nSPS) is 11.0. The van der Waals surface area contributed by atoms with Gasteiger partial charge in [0.15, 0.2) is 11.5 Å². The van der Waals surface area contributed by atoms with Crippen LogP contribution in [0.2, 0.25) is 0 Å². The number of nitrogens with zero attached hydrogens (tertiary/aromatic N) is 3. The molecule has 2 rings (SSSR count). The van der Waals surface area contributed by atoms with Gasteiger partial charge in [-0.3, -0.25) is 9.78 Å². The summed E-state index contributed by atoms with van der Waals surface area (Å²) in [5.41, 5.74) is 4.06. The van der Waals surface area contributed by atoms with Crippen molar-refractivity contribution < 1.29 is 14.3 Å². The number of aromatic nitrogens is 2. The maximum absolute atomic E-state index is 11.8. The van der Waals surface area contributed by atoms with Crippen molar-refractivity contribution in [1.82, 2.24) is 15.4 Å². The van der Waals surface area contributed by atoms with Gasteiger partial charge in [0.2, 0.25) is 0 Å². The molecule has 0 unspecified atom stereocenters. The highest BCUT2D eigenvalue weighted by Gasteiger charge is 2.08. The van der Waals surface area contributed by atoms with Crippen molar-refractivity contribution in [2.75, 3.05) is 14.2 Å². The van der Waals surface area contributed by atoms with Gasteiger partial charge < -0.3 is 9.47 Å². The molecule has 0 atom stereocenters. The lowest BCUT2D eigenvalue weighted by Crippen LogP contribution is -2.20. The van der Waals surface area contributed by atoms with Crippen LogP contribution in [0.3, 0.4) is 0 Å². The molecule has 2 aromatic rings. The van der Waals surface area contributed by atoms with E-state index >= 15 is 0 Å². The molecule has 0 aliphatic rings. The number of benzene rings is 1. The Morgan fingerprint density at radius 2 is 1.95 bits per heavy atom. The minimum atomic E-state index is -0.423. The summed E-state index contributed by atoms with van der Waals surface area (Å²) >= 11 is 0. The minimum Gasteiger partial charge on any atom is -0.493 e. The van der Waals surface area contributed by atoms with Crippen molar-refractivity contribution in [3.8, 4) is 11.5 Å². The first kappa shape index (κ1) is 15.4. The standard InChI is InChI=1S/C15H16N4O3/c1-10(11-4-5-13(21-2)14(8-11)22-3)18-19-15(20)12-9-16-6-7-17-12/h4-9H,1-3H3,(H,19,20)/b18-10+. The van der Waals surface area contributed by atoms with E-state index in [-0.39, 0.29) is 5.69 Å². The maximum Gasteiger partial charge on any atom is 0.291 e. The number of hydrogen-bond acceptors (Lipinski definition) is 6. The smallest absolute Gasteiger partial charge is 0.291 e. The lowest BCUT2D eigenvalue weighted by Gasteiger charge is -2.09. The molecule has 1 aromatic heterocycles. The van der Waals surface area contributed by atoms with Crippen molar-refractivity contribution in [1.29, 1.82) is 0 Å². The third-order valence-corrected chi connectivity index (χ3v) is 2.92. The zero-order chi connectivity index (χ0) is 15.9. The number of hydrazone groups is 1. The molecule has 114 valence electrons. The van der Waals surface area contributed by atoms with Gasteiger partial charge in [0.25, 0.3) is 5.91 Å². The molecule has 1 N–H and O–H groups in total. The summed E-state index contributed by atoms with van der Waals surface area (Å²) in [4.78, 5) is 19.6. The number of rotatable bonds is 5. The van der Waals surface area contributed by atoms with Crippen LogP contribution in [0.25, 0.3) is 0 Å². The third-order valence-electron chi connectivity index (χ3n) is 2.92. The van der Waals surface area contributed by atoms with Gasteiger partial charge in [0.1, 0.15) is 5.69 Å². The molecule has 1 amide bonds. The Morgan fingerprint density at radius 3 is 2.59 bits per heavy atom. The zero-order valence-corrected chi connectivity index (χ0v) is 12.5. The Bertz CT molecular complexity index is 686. The van der Waals surface area contributed by atoms with E-state index in [1.807, 2.05) is 6.07 Å². The SMILES string of the molecule is COc1ccc(/C(C)=N/NC(=O)c2cnccn2)cc1OC. The fraction of sp³-hybridized carbons (Fsp3) is 0.200. The van der Waals surface area contributed by atoms with E-state index in [1.54, 1.807) is 33.3 Å². The summed E-state index contributed by atoms with van der Waals surface area (Å²) in [7, 11) is 3.13. The molecular weight excluding hydrogens is 284 g/mol. The van der Waals surface area contributed by atoms with Gasteiger partial charge in [-0.25, -0.2) is 10.4 Å². The first-order chi connectivity index (χ1) is 10.7. The average Bonchev–Trinajstić information content (AvgIpc) is 2.59. The number of methoxy groups -OCH3 is 2. The summed E-state index contributed by atoms with van der Waals surface area (Å²) in [6.07, 6.45) is 4.31. The molecule has 0 spiro atoms. The highest BCUT2D eigenvalue weighted by atomic mass is 16.5. The third kappa shape index (κ3) is 3.57. The fourth-order valence-electron chi connectivity index (χ4n) is 1.73. The molecule has 0 bridgehead atoms. The molecule has 0 saturated carbocycles. The summed E-state index contributed by atoms with van der Waals surface area (Å²) in [6.45, 7) is 1.78. The fourth-order valence-corrected chi connectivity index (χ4v) is 1.73. The van der Waals surface area contributed by atoms with Crippen LogP contribution in [0.15, 0.2) is 41.9 Å². The second kappa shape index (κ2) is 7.16. The van der Waals surface area contributed by atoms with Gasteiger partial charge in [-0.1, -0.05) is 0 Å². The van der Waals surface area contributed by atoms with E-state index in [4.69, 9.17) is 9.47 Å². The first-order valence-corrected chi connectivity index (χ1v) is 6.48. The molecule has 0 aliphatic carbocycles. The molecule has 0 aliphatic heterocycles. The van der Waals surface area contributed by atoms with E-state index < -0.39 is 5.91 Å². The Morgan fingerprint density at radius 1 is 1.18 bits per heavy atom. The Hall–Kier alpha value is -2.96. The highest BCUT2D eigenvalue weighted by Crippen LogP contribution is 2.27. The predicted molar refractivity (Wildman–Crippen MR) is 81.3 cm³/mol. The lowest BCUT2D eigenvalue weighted by molar-refractivity contribution is 0.0949. The van der Waals surface area contributed by atoms with Gasteiger partial charge >= 0.3 is 0 Å². The zero-order valence-electron chi connectivity index (χ0n) is 12.5. The van der Waals surface area contributed by atoms with Crippen LogP contribution >= 0.6 is 0 Å². The Balaban J connectivity index is 2.14. The number of hydrogen-bond donors (Lipinski definition) is 1. The van der Waals surface area contributed by atoms with Crippen molar-refractivity contribution in [2.24, 2.45) is 5.10 Å². The second-order valence-corrected chi connectivity index (χ2v) is 4.30. The number of ether oxygens (including phenoxy) is 2. The molecule has 7 heteroatoms. The molecule has 22 heavy (non-hydrogen) atoms. The van der Waals surface area contributed by atoms with Crippen LogP contribution < -0.4 is 14.9 Å². The highest BCUT2D eigenvalue weighted by molar-refractivity contribution is 6.00. The molecule has 1 heterocycles. The second-order valence-electron chi connectivity index (χ2n) is 4.30. The van der Waals surface area contributed by atoms with Gasteiger partial charge in [-0.2, -0.15) is 5.10 Å². The van der Waals surface area contributed by atoms with Gasteiger partial charge in [-0.15, -0.1) is 0 Å². The molecule has 0 saturated heterocycles. The predicted octanol–water partition coefficient (Wildman–Crippen LogP) is 1.65. The van der Waals surface area contributed by atoms with Crippen molar-refractivity contribution in [3.63, 3.8) is 0 Å². The van der Waals surface area contributed by atoms with Crippen LogP contribution in [0.5, 0.6) is 11.5 Å². The van der Waals surface area contributed by atoms with Gasteiger partial charge in [0.05, 0.1) is 26.1 Å². The molecule has 7 nitrogen and oxygen atoms in total. The number of amides is 1. The summed E-state index contributed by atoms with van der Waals surface area (Å²) in [5, 5.41) is 4.05. The van der Waals surface area contributed by atoms with Gasteiger partial charge in [0, 0.05) is 18.0 Å². The molecular formula is C15H16N4O3. The summed E-state index contributed by atoms with van der Waals surface area (Å²) in [5.74, 6) is 0.797. The van der Waals surface area contributed by atoms with Crippen LogP contribution in [-0.4, -0.2) is 35.8 Å². The van der Waals surface area contributed by atoms with Crippen LogP contribution in [0, 0.1) is 0 Å². The van der Waals surface area contributed by atoms with Crippen LogP contribution in [-0.2, 0) is 0 Å². The molecule has 0 radical (unpaired) electrons. The van der Waals surface area contributed by atoms with Crippen LogP contribution in [0.4, 0.5) is 0 Å². The molecule has 0 fully saturated rings. The number of nitrogens with one attached hydrogen (secondary N) is 1. The molecule has 1 aromatic carbocycles. The van der Waals surface area contributed by atoms with E-state index in [0.717, 1.165) is 5.56 Å². The van der Waals surface area contributed by atoms with Crippen molar-refractivity contribution >= 4 is 11.6 Å². The largest absolute Gasteiger partial charge is 0.493 e. The lowest BCUT2D eigenvalue weighted by atomic mass is 10.1. The topological polar surface area (TPSA) is 85.7 Å². The quantitative estimate of drug-likeness (QED) is 0.670. The number of carbonyl (C=O) groups is 1. The van der Waals surface area contributed by atoms with E-state index in [2.05, 4.69) is 20.5 Å². The van der Waals surface area contributed by atoms with Crippen molar-refractivity contribution in [3.05, 3.63) is 48.0 Å². The average molecular weight is 300 g/mol. The summed E-state index contributed by atoms with van der Waals surface area (Å²) < 4.78 is 10.4. The van der Waals surface area contributed by atoms with E-state index in [1.165, 1.54) is 18.6 Å².